The number of carbonyl (C=O) groups is 1. The van der Waals surface area contributed by atoms with Gasteiger partial charge in [-0.25, -0.2) is 13.1 Å². The molecule has 0 saturated heterocycles. The molecule has 2 aliphatic rings. The third-order valence-corrected chi connectivity index (χ3v) is 6.85. The number of amides is 1. The van der Waals surface area contributed by atoms with Crippen LogP contribution >= 0.6 is 15.9 Å². The lowest BCUT2D eigenvalue weighted by Crippen LogP contribution is -2.41. The first kappa shape index (κ1) is 20.2. The molecule has 9 heteroatoms. The minimum atomic E-state index is -3.87. The van der Waals surface area contributed by atoms with Gasteiger partial charge < -0.3 is 14.4 Å². The highest BCUT2D eigenvalue weighted by molar-refractivity contribution is 9.10. The summed E-state index contributed by atoms with van der Waals surface area (Å²) in [4.78, 5) is 14.0. The lowest BCUT2D eigenvalue weighted by atomic mass is 10.2. The summed E-state index contributed by atoms with van der Waals surface area (Å²) < 4.78 is 41.0. The van der Waals surface area contributed by atoms with Gasteiger partial charge in [0, 0.05) is 17.4 Å². The number of rotatable bonds is 5. The first-order valence-corrected chi connectivity index (χ1v) is 11.7. The quantitative estimate of drug-likeness (QED) is 0.710. The molecule has 4 rings (SSSR count). The van der Waals surface area contributed by atoms with Crippen molar-refractivity contribution in [2.24, 2.45) is 0 Å². The van der Waals surface area contributed by atoms with Crippen LogP contribution in [0.15, 0.2) is 45.8 Å². The summed E-state index contributed by atoms with van der Waals surface area (Å²) in [5, 5.41) is 0. The Morgan fingerprint density at radius 3 is 2.79 bits per heavy atom. The third-order valence-electron chi connectivity index (χ3n) is 4.95. The van der Waals surface area contributed by atoms with Crippen molar-refractivity contribution in [2.45, 2.75) is 30.8 Å². The number of carbonyl (C=O) groups excluding carboxylic acids is 1. The molecule has 0 saturated carbocycles. The molecule has 1 N–H and O–H groups in total. The molecule has 1 atom stereocenters. The average Bonchev–Trinajstić information content (AvgIpc) is 3.14. The van der Waals surface area contributed by atoms with Crippen molar-refractivity contribution in [3.8, 4) is 11.5 Å². The van der Waals surface area contributed by atoms with Gasteiger partial charge in [-0.1, -0.05) is 35.0 Å². The third kappa shape index (κ3) is 3.99. The molecule has 2 heterocycles. The van der Waals surface area contributed by atoms with E-state index in [1.807, 2.05) is 18.2 Å². The van der Waals surface area contributed by atoms with Crippen molar-refractivity contribution in [3.05, 3.63) is 46.4 Å². The molecule has 0 radical (unpaired) electrons. The fourth-order valence-corrected chi connectivity index (χ4v) is 5.55. The maximum atomic E-state index is 13.1. The van der Waals surface area contributed by atoms with Crippen LogP contribution in [-0.4, -0.2) is 40.1 Å². The molecule has 0 aromatic heterocycles. The van der Waals surface area contributed by atoms with Gasteiger partial charge in [0.1, 0.15) is 17.6 Å². The molecule has 1 unspecified atom stereocenters. The highest BCUT2D eigenvalue weighted by atomic mass is 79.9. The summed E-state index contributed by atoms with van der Waals surface area (Å²) in [7, 11) is -3.87. The number of ether oxygens (including phenoxy) is 2. The Morgan fingerprint density at radius 2 is 2.03 bits per heavy atom. The van der Waals surface area contributed by atoms with Gasteiger partial charge in [0.2, 0.25) is 15.9 Å². The minimum absolute atomic E-state index is 0.0552. The molecule has 2 aromatic carbocycles. The Balaban J connectivity index is 1.56. The summed E-state index contributed by atoms with van der Waals surface area (Å²) in [6.07, 6.45) is 0.488. The van der Waals surface area contributed by atoms with Gasteiger partial charge in [0.25, 0.3) is 0 Å². The molecule has 7 nitrogen and oxygen atoms in total. The topological polar surface area (TPSA) is 84.9 Å². The van der Waals surface area contributed by atoms with E-state index in [-0.39, 0.29) is 24.0 Å². The van der Waals surface area contributed by atoms with Crippen LogP contribution in [0.5, 0.6) is 11.5 Å². The van der Waals surface area contributed by atoms with E-state index >= 15 is 0 Å². The van der Waals surface area contributed by atoms with E-state index < -0.39 is 16.1 Å². The molecule has 0 spiro atoms. The van der Waals surface area contributed by atoms with Gasteiger partial charge in [-0.15, -0.1) is 0 Å². The molecule has 2 aliphatic heterocycles. The standard InChI is InChI=1S/C20H21BrN2O5S/c1-2-19(24)23-8-7-13-9-14(21)10-18(20(13)23)29(25,26)22-11-15-12-27-16-5-3-4-6-17(16)28-15/h3-6,9-10,15,22H,2,7-8,11-12H2,1H3. The lowest BCUT2D eigenvalue weighted by molar-refractivity contribution is -0.118. The van der Waals surface area contributed by atoms with Crippen molar-refractivity contribution in [2.75, 3.05) is 24.6 Å². The smallest absolute Gasteiger partial charge is 0.242 e. The first-order chi connectivity index (χ1) is 13.9. The van der Waals surface area contributed by atoms with Gasteiger partial charge in [-0.3, -0.25) is 4.79 Å². The van der Waals surface area contributed by atoms with Gasteiger partial charge >= 0.3 is 0 Å². The number of nitrogens with zero attached hydrogens (tertiary/aromatic N) is 1. The van der Waals surface area contributed by atoms with E-state index in [4.69, 9.17) is 9.47 Å². The zero-order valence-electron chi connectivity index (χ0n) is 15.9. The maximum absolute atomic E-state index is 13.1. The number of halogens is 1. The van der Waals surface area contributed by atoms with Crippen LogP contribution < -0.4 is 19.1 Å². The Bertz CT molecular complexity index is 1060. The normalized spacial score (nSPS) is 17.9. The van der Waals surface area contributed by atoms with E-state index in [1.165, 1.54) is 6.07 Å². The monoisotopic (exact) mass is 480 g/mol. The Kier molecular flexibility index (Phi) is 5.54. The number of hydrogen-bond donors (Lipinski definition) is 1. The van der Waals surface area contributed by atoms with Gasteiger partial charge in [-0.05, 0) is 36.2 Å². The summed E-state index contributed by atoms with van der Waals surface area (Å²) in [6, 6.07) is 10.7. The van der Waals surface area contributed by atoms with Crippen molar-refractivity contribution in [1.82, 2.24) is 4.72 Å². The lowest BCUT2D eigenvalue weighted by Gasteiger charge is -2.27. The molecule has 0 bridgehead atoms. The van der Waals surface area contributed by atoms with Crippen LogP contribution in [0.2, 0.25) is 0 Å². The van der Waals surface area contributed by atoms with Crippen LogP contribution in [-0.2, 0) is 21.2 Å². The fraction of sp³-hybridized carbons (Fsp3) is 0.350. The predicted octanol–water partition coefficient (Wildman–Crippen LogP) is 2.87. The largest absolute Gasteiger partial charge is 0.486 e. The van der Waals surface area contributed by atoms with Crippen LogP contribution in [0.4, 0.5) is 5.69 Å². The summed E-state index contributed by atoms with van der Waals surface area (Å²) in [6.45, 7) is 2.55. The molecule has 2 aromatic rings. The second kappa shape index (κ2) is 7.97. The zero-order chi connectivity index (χ0) is 20.6. The SMILES string of the molecule is CCC(=O)N1CCc2cc(Br)cc(S(=O)(=O)NCC3COc4ccccc4O3)c21. The second-order valence-electron chi connectivity index (χ2n) is 6.91. The Morgan fingerprint density at radius 1 is 1.28 bits per heavy atom. The summed E-state index contributed by atoms with van der Waals surface area (Å²) in [5.41, 5.74) is 1.31. The Hall–Kier alpha value is -2.10. The zero-order valence-corrected chi connectivity index (χ0v) is 18.3. The highest BCUT2D eigenvalue weighted by Gasteiger charge is 2.33. The van der Waals surface area contributed by atoms with Crippen LogP contribution in [0.3, 0.4) is 0 Å². The van der Waals surface area contributed by atoms with Crippen LogP contribution in [0, 0.1) is 0 Å². The maximum Gasteiger partial charge on any atom is 0.242 e. The number of sulfonamides is 1. The molecule has 29 heavy (non-hydrogen) atoms. The predicted molar refractivity (Wildman–Crippen MR) is 112 cm³/mol. The molecule has 0 fully saturated rings. The van der Waals surface area contributed by atoms with E-state index in [2.05, 4.69) is 20.7 Å². The van der Waals surface area contributed by atoms with Crippen molar-refractivity contribution < 1.29 is 22.7 Å². The van der Waals surface area contributed by atoms with E-state index in [9.17, 15) is 13.2 Å². The minimum Gasteiger partial charge on any atom is -0.486 e. The van der Waals surface area contributed by atoms with E-state index in [0.29, 0.717) is 41.0 Å². The summed E-state index contributed by atoms with van der Waals surface area (Å²) >= 11 is 3.39. The molecular formula is C20H21BrN2O5S. The second-order valence-corrected chi connectivity index (χ2v) is 9.56. The van der Waals surface area contributed by atoms with Gasteiger partial charge in [-0.2, -0.15) is 0 Å². The molecule has 0 aliphatic carbocycles. The van der Waals surface area contributed by atoms with Gasteiger partial charge in [0.05, 0.1) is 12.2 Å². The van der Waals surface area contributed by atoms with Crippen molar-refractivity contribution in [3.63, 3.8) is 0 Å². The number of nitrogens with one attached hydrogen (secondary N) is 1. The van der Waals surface area contributed by atoms with Crippen molar-refractivity contribution in [1.29, 1.82) is 0 Å². The van der Waals surface area contributed by atoms with E-state index in [0.717, 1.165) is 5.56 Å². The number of benzene rings is 2. The highest BCUT2D eigenvalue weighted by Crippen LogP contribution is 2.38. The molecular weight excluding hydrogens is 460 g/mol. The van der Waals surface area contributed by atoms with Gasteiger partial charge in [0.15, 0.2) is 11.5 Å². The summed E-state index contributed by atoms with van der Waals surface area (Å²) in [5.74, 6) is 1.14. The molecule has 154 valence electrons. The number of fused-ring (bicyclic) bond motifs is 2. The van der Waals surface area contributed by atoms with Crippen LogP contribution in [0.1, 0.15) is 18.9 Å². The number of anilines is 1. The number of hydrogen-bond acceptors (Lipinski definition) is 5. The fourth-order valence-electron chi connectivity index (χ4n) is 3.56. The average molecular weight is 481 g/mol. The Labute approximate surface area is 178 Å². The van der Waals surface area contributed by atoms with E-state index in [1.54, 1.807) is 24.0 Å². The molecule has 1 amide bonds. The first-order valence-electron chi connectivity index (χ1n) is 9.40. The van der Waals surface area contributed by atoms with Crippen molar-refractivity contribution >= 4 is 37.5 Å². The van der Waals surface area contributed by atoms with Crippen LogP contribution in [0.25, 0.3) is 0 Å². The number of para-hydroxylation sites is 2.